The van der Waals surface area contributed by atoms with Crippen LogP contribution in [0.15, 0.2) is 28.7 Å². The van der Waals surface area contributed by atoms with Crippen LogP contribution in [0.25, 0.3) is 0 Å². The lowest BCUT2D eigenvalue weighted by atomic mass is 9.84. The van der Waals surface area contributed by atoms with E-state index >= 15 is 0 Å². The Morgan fingerprint density at radius 2 is 1.63 bits per heavy atom. The number of hydrogen-bond donors (Lipinski definition) is 0. The largest absolute Gasteiger partial charge is 0.456 e. The van der Waals surface area contributed by atoms with E-state index < -0.39 is 5.41 Å². The van der Waals surface area contributed by atoms with Crippen LogP contribution in [-0.4, -0.2) is 5.97 Å². The summed E-state index contributed by atoms with van der Waals surface area (Å²) in [6.07, 6.45) is -0.269. The number of hydrogen-bond acceptors (Lipinski definition) is 2. The Bertz CT molecular complexity index is 453. The highest BCUT2D eigenvalue weighted by atomic mass is 79.9. The second kappa shape index (κ2) is 5.66. The van der Waals surface area contributed by atoms with Crippen LogP contribution in [-0.2, 0) is 9.53 Å². The molecular weight excluding hydrogens is 304 g/mol. The smallest absolute Gasteiger partial charge is 0.311 e. The van der Waals surface area contributed by atoms with E-state index in [1.807, 2.05) is 45.0 Å². The van der Waals surface area contributed by atoms with Crippen molar-refractivity contribution in [3.05, 3.63) is 34.3 Å². The Balaban J connectivity index is 3.12. The highest BCUT2D eigenvalue weighted by molar-refractivity contribution is 9.10. The summed E-state index contributed by atoms with van der Waals surface area (Å²) in [5.74, 6) is -0.178. The molecule has 0 aliphatic carbocycles. The van der Waals surface area contributed by atoms with E-state index in [1.54, 1.807) is 0 Å². The number of benzene rings is 1. The van der Waals surface area contributed by atoms with Crippen LogP contribution in [0.5, 0.6) is 0 Å². The molecular formula is C16H23BrO2. The number of esters is 1. The van der Waals surface area contributed by atoms with Crippen molar-refractivity contribution in [2.75, 3.05) is 0 Å². The first-order valence-electron chi connectivity index (χ1n) is 6.49. The van der Waals surface area contributed by atoms with E-state index in [0.29, 0.717) is 0 Å². The quantitative estimate of drug-likeness (QED) is 0.704. The molecule has 0 aliphatic heterocycles. The number of carbonyl (C=O) groups excluding carboxylic acids is 1. The molecule has 1 rings (SSSR count). The monoisotopic (exact) mass is 326 g/mol. The maximum Gasteiger partial charge on any atom is 0.311 e. The zero-order valence-electron chi connectivity index (χ0n) is 12.6. The van der Waals surface area contributed by atoms with Gasteiger partial charge in [-0.05, 0) is 26.8 Å². The van der Waals surface area contributed by atoms with Crippen molar-refractivity contribution in [1.29, 1.82) is 0 Å². The first-order chi connectivity index (χ1) is 8.53. The molecule has 0 heterocycles. The Morgan fingerprint density at radius 3 is 2.05 bits per heavy atom. The van der Waals surface area contributed by atoms with Gasteiger partial charge in [0.2, 0.25) is 0 Å². The lowest BCUT2D eigenvalue weighted by molar-refractivity contribution is -0.165. The SMILES string of the molecule is CC(C)(C)C(=O)O[C@H](c1ccccc1Br)C(C)(C)C. The molecule has 0 aliphatic rings. The van der Waals surface area contributed by atoms with Gasteiger partial charge < -0.3 is 4.74 Å². The highest BCUT2D eigenvalue weighted by Gasteiger charge is 2.34. The fourth-order valence-electron chi connectivity index (χ4n) is 1.68. The van der Waals surface area contributed by atoms with Gasteiger partial charge in [0.1, 0.15) is 6.10 Å². The predicted octanol–water partition coefficient (Wildman–Crippen LogP) is 5.13. The van der Waals surface area contributed by atoms with Crippen LogP contribution < -0.4 is 0 Å². The van der Waals surface area contributed by atoms with E-state index in [1.165, 1.54) is 0 Å². The molecule has 2 nitrogen and oxygen atoms in total. The first kappa shape index (κ1) is 16.2. The molecule has 0 amide bonds. The van der Waals surface area contributed by atoms with E-state index in [0.717, 1.165) is 10.0 Å². The molecule has 3 heteroatoms. The van der Waals surface area contributed by atoms with Gasteiger partial charge in [-0.1, -0.05) is 54.9 Å². The highest BCUT2D eigenvalue weighted by Crippen LogP contribution is 2.40. The number of halogens is 1. The Kier molecular flexibility index (Phi) is 4.83. The van der Waals surface area contributed by atoms with Crippen molar-refractivity contribution in [2.45, 2.75) is 47.6 Å². The zero-order valence-corrected chi connectivity index (χ0v) is 14.2. The molecule has 106 valence electrons. The lowest BCUT2D eigenvalue weighted by Gasteiger charge is -2.33. The second-order valence-corrected chi connectivity index (χ2v) is 7.78. The van der Waals surface area contributed by atoms with Crippen molar-refractivity contribution in [3.8, 4) is 0 Å². The molecule has 1 atom stereocenters. The first-order valence-corrected chi connectivity index (χ1v) is 7.28. The summed E-state index contributed by atoms with van der Waals surface area (Å²) >= 11 is 3.54. The molecule has 0 spiro atoms. The molecule has 1 aromatic rings. The van der Waals surface area contributed by atoms with Crippen LogP contribution >= 0.6 is 15.9 Å². The van der Waals surface area contributed by atoms with Crippen molar-refractivity contribution in [2.24, 2.45) is 10.8 Å². The average molecular weight is 327 g/mol. The fourth-order valence-corrected chi connectivity index (χ4v) is 2.17. The summed E-state index contributed by atoms with van der Waals surface area (Å²) < 4.78 is 6.75. The second-order valence-electron chi connectivity index (χ2n) is 6.92. The molecule has 0 saturated heterocycles. The molecule has 0 bridgehead atoms. The van der Waals surface area contributed by atoms with Gasteiger partial charge in [-0.25, -0.2) is 0 Å². The summed E-state index contributed by atoms with van der Waals surface area (Å²) in [7, 11) is 0. The van der Waals surface area contributed by atoms with Gasteiger partial charge in [0.25, 0.3) is 0 Å². The van der Waals surface area contributed by atoms with Crippen LogP contribution in [0.1, 0.15) is 53.2 Å². The number of rotatable bonds is 2. The summed E-state index contributed by atoms with van der Waals surface area (Å²) in [5.41, 5.74) is 0.350. The summed E-state index contributed by atoms with van der Waals surface area (Å²) in [4.78, 5) is 12.2. The molecule has 0 aromatic heterocycles. The molecule has 0 radical (unpaired) electrons. The van der Waals surface area contributed by atoms with Crippen molar-refractivity contribution < 1.29 is 9.53 Å². The minimum absolute atomic E-state index is 0.162. The summed E-state index contributed by atoms with van der Waals surface area (Å²) in [5, 5.41) is 0. The Morgan fingerprint density at radius 1 is 1.11 bits per heavy atom. The standard InChI is InChI=1S/C16H23BrO2/c1-15(2,3)13(19-14(18)16(4,5)6)11-9-7-8-10-12(11)17/h7-10,13H,1-6H3/t13-/m1/s1. The Hall–Kier alpha value is -0.830. The normalized spacial score (nSPS) is 14.1. The van der Waals surface area contributed by atoms with Crippen molar-refractivity contribution in [3.63, 3.8) is 0 Å². The summed E-state index contributed by atoms with van der Waals surface area (Å²) in [6.45, 7) is 11.8. The maximum absolute atomic E-state index is 12.2. The van der Waals surface area contributed by atoms with E-state index in [-0.39, 0.29) is 17.5 Å². The van der Waals surface area contributed by atoms with E-state index in [2.05, 4.69) is 36.7 Å². The van der Waals surface area contributed by atoms with Gasteiger partial charge in [-0.2, -0.15) is 0 Å². The lowest BCUT2D eigenvalue weighted by Crippen LogP contribution is -2.30. The van der Waals surface area contributed by atoms with Gasteiger partial charge in [0.15, 0.2) is 0 Å². The van der Waals surface area contributed by atoms with E-state index in [9.17, 15) is 4.79 Å². The number of carbonyl (C=O) groups is 1. The predicted molar refractivity (Wildman–Crippen MR) is 81.9 cm³/mol. The van der Waals surface area contributed by atoms with Crippen LogP contribution in [0.4, 0.5) is 0 Å². The van der Waals surface area contributed by atoms with Gasteiger partial charge in [0, 0.05) is 15.5 Å². The molecule has 0 fully saturated rings. The fraction of sp³-hybridized carbons (Fsp3) is 0.562. The van der Waals surface area contributed by atoms with Gasteiger partial charge in [-0.15, -0.1) is 0 Å². The maximum atomic E-state index is 12.2. The summed E-state index contributed by atoms with van der Waals surface area (Å²) in [6, 6.07) is 7.89. The minimum atomic E-state index is -0.495. The van der Waals surface area contributed by atoms with Gasteiger partial charge >= 0.3 is 5.97 Å². The zero-order chi connectivity index (χ0) is 14.8. The third-order valence-corrected chi connectivity index (χ3v) is 3.53. The molecule has 19 heavy (non-hydrogen) atoms. The van der Waals surface area contributed by atoms with Gasteiger partial charge in [-0.3, -0.25) is 4.79 Å². The third-order valence-electron chi connectivity index (χ3n) is 2.81. The van der Waals surface area contributed by atoms with Crippen molar-refractivity contribution >= 4 is 21.9 Å². The average Bonchev–Trinajstić information content (AvgIpc) is 2.24. The number of ether oxygens (including phenoxy) is 1. The molecule has 0 saturated carbocycles. The van der Waals surface area contributed by atoms with Crippen LogP contribution in [0.2, 0.25) is 0 Å². The third kappa shape index (κ3) is 4.34. The molecule has 0 unspecified atom stereocenters. The van der Waals surface area contributed by atoms with Gasteiger partial charge in [0.05, 0.1) is 5.41 Å². The minimum Gasteiger partial charge on any atom is -0.456 e. The topological polar surface area (TPSA) is 26.3 Å². The van der Waals surface area contributed by atoms with Crippen molar-refractivity contribution in [1.82, 2.24) is 0 Å². The molecule has 1 aromatic carbocycles. The van der Waals surface area contributed by atoms with E-state index in [4.69, 9.17) is 4.74 Å². The Labute approximate surface area is 124 Å². The van der Waals surface area contributed by atoms with Crippen LogP contribution in [0.3, 0.4) is 0 Å². The van der Waals surface area contributed by atoms with Crippen LogP contribution in [0, 0.1) is 10.8 Å². The molecule has 0 N–H and O–H groups in total.